The summed E-state index contributed by atoms with van der Waals surface area (Å²) in [5.74, 6) is 0. The van der Waals surface area contributed by atoms with Gasteiger partial charge in [0, 0.05) is 44.4 Å². The molecule has 0 amide bonds. The van der Waals surface area contributed by atoms with Crippen molar-refractivity contribution in [3.63, 3.8) is 0 Å². The number of hydrogen-bond donors (Lipinski definition) is 0. The topological polar surface area (TPSA) is 51.6 Å². The lowest BCUT2D eigenvalue weighted by Crippen LogP contribution is -2.01. The first kappa shape index (κ1) is 28.5. The second kappa shape index (κ2) is 12.1. The Labute approximate surface area is 274 Å². The molecule has 0 aliphatic heterocycles. The maximum absolute atomic E-state index is 5.41. The average Bonchev–Trinajstić information content (AvgIpc) is 3.15. The summed E-state index contributed by atoms with van der Waals surface area (Å²) < 4.78 is 0. The molecule has 3 aromatic heterocycles. The van der Waals surface area contributed by atoms with Crippen LogP contribution in [0.2, 0.25) is 0 Å². The Morgan fingerprint density at radius 1 is 0.426 bits per heavy atom. The fourth-order valence-corrected chi connectivity index (χ4v) is 6.28. The number of pyridine rings is 2. The molecule has 0 radical (unpaired) electrons. The van der Waals surface area contributed by atoms with Gasteiger partial charge in [-0.3, -0.25) is 9.97 Å². The maximum Gasteiger partial charge on any atom is 0.0974 e. The predicted octanol–water partition coefficient (Wildman–Crippen LogP) is 10.8. The highest BCUT2D eigenvalue weighted by Gasteiger charge is 2.20. The number of fused-ring (bicyclic) bond motifs is 3. The number of aromatic nitrogens is 4. The third kappa shape index (κ3) is 5.34. The normalized spacial score (nSPS) is 11.3. The minimum Gasteiger partial charge on any atom is -0.251 e. The van der Waals surface area contributed by atoms with Crippen molar-refractivity contribution in [1.29, 1.82) is 0 Å². The van der Waals surface area contributed by atoms with E-state index in [1.54, 1.807) is 0 Å². The van der Waals surface area contributed by atoms with Crippen molar-refractivity contribution in [2.45, 2.75) is 20.3 Å². The van der Waals surface area contributed by atoms with Crippen LogP contribution in [0.4, 0.5) is 0 Å². The smallest absolute Gasteiger partial charge is 0.0974 e. The molecule has 4 nitrogen and oxygen atoms in total. The van der Waals surface area contributed by atoms with E-state index < -0.39 is 0 Å². The summed E-state index contributed by atoms with van der Waals surface area (Å²) in [5.41, 5.74) is 13.7. The lowest BCUT2D eigenvalue weighted by atomic mass is 9.95. The van der Waals surface area contributed by atoms with Crippen LogP contribution in [-0.4, -0.2) is 19.9 Å². The predicted molar refractivity (Wildman–Crippen MR) is 194 cm³/mol. The van der Waals surface area contributed by atoms with E-state index in [1.165, 1.54) is 0 Å². The zero-order chi connectivity index (χ0) is 31.7. The summed E-state index contributed by atoms with van der Waals surface area (Å²) >= 11 is 0. The van der Waals surface area contributed by atoms with E-state index >= 15 is 0 Å². The largest absolute Gasteiger partial charge is 0.251 e. The van der Waals surface area contributed by atoms with Gasteiger partial charge in [-0.2, -0.15) is 0 Å². The van der Waals surface area contributed by atoms with Gasteiger partial charge in [-0.25, -0.2) is 9.97 Å². The van der Waals surface area contributed by atoms with Crippen LogP contribution >= 0.6 is 0 Å². The van der Waals surface area contributed by atoms with E-state index in [1.807, 2.05) is 37.3 Å². The van der Waals surface area contributed by atoms with E-state index in [4.69, 9.17) is 19.9 Å². The van der Waals surface area contributed by atoms with Crippen LogP contribution < -0.4 is 0 Å². The third-order valence-electron chi connectivity index (χ3n) is 8.70. The molecule has 0 fully saturated rings. The lowest BCUT2D eigenvalue weighted by molar-refractivity contribution is 1.06. The van der Waals surface area contributed by atoms with Gasteiger partial charge in [-0.15, -0.1) is 0 Å². The van der Waals surface area contributed by atoms with Crippen LogP contribution in [-0.2, 0) is 6.42 Å². The quantitative estimate of drug-likeness (QED) is 0.177. The molecule has 0 saturated heterocycles. The van der Waals surface area contributed by atoms with E-state index in [0.29, 0.717) is 0 Å². The molecule has 47 heavy (non-hydrogen) atoms. The summed E-state index contributed by atoms with van der Waals surface area (Å²) in [6, 6.07) is 50.5. The molecule has 0 aliphatic carbocycles. The number of hydrogen-bond acceptors (Lipinski definition) is 4. The van der Waals surface area contributed by atoms with Crippen LogP contribution in [0.25, 0.3) is 78.0 Å². The van der Waals surface area contributed by atoms with Crippen molar-refractivity contribution in [3.8, 4) is 56.2 Å². The van der Waals surface area contributed by atoms with E-state index in [2.05, 4.69) is 122 Å². The Bertz CT molecular complexity index is 2370. The first-order valence-electron chi connectivity index (χ1n) is 16.1. The Hall–Kier alpha value is -6.00. The van der Waals surface area contributed by atoms with Gasteiger partial charge < -0.3 is 0 Å². The minimum atomic E-state index is 0.843. The molecular formula is C43H32N4. The second-order valence-corrected chi connectivity index (χ2v) is 11.8. The van der Waals surface area contributed by atoms with Crippen molar-refractivity contribution in [2.75, 3.05) is 0 Å². The van der Waals surface area contributed by atoms with E-state index in [-0.39, 0.29) is 0 Å². The molecule has 0 aliphatic rings. The minimum absolute atomic E-state index is 0.843. The number of rotatable bonds is 6. The Morgan fingerprint density at radius 2 is 0.894 bits per heavy atom. The van der Waals surface area contributed by atoms with Gasteiger partial charge in [-0.1, -0.05) is 140 Å². The molecule has 0 atom stereocenters. The molecule has 0 saturated carbocycles. The number of benzene rings is 5. The van der Waals surface area contributed by atoms with Crippen molar-refractivity contribution in [3.05, 3.63) is 157 Å². The van der Waals surface area contributed by atoms with Gasteiger partial charge in [0.25, 0.3) is 0 Å². The van der Waals surface area contributed by atoms with Crippen molar-refractivity contribution in [2.24, 2.45) is 0 Å². The summed E-state index contributed by atoms with van der Waals surface area (Å²) in [5, 5.41) is 2.20. The monoisotopic (exact) mass is 604 g/mol. The van der Waals surface area contributed by atoms with E-state index in [9.17, 15) is 0 Å². The first-order valence-corrected chi connectivity index (χ1v) is 16.1. The standard InChI is InChI=1S/C43H32N4/c1-3-35-27-37(36-26-25-33-20-19-28(2)44-42(33)43(36)45-35)29-21-23-34(24-22-29)41-40(32-17-11-6-12-18-32)46-38(30-13-7-4-8-14-30)39(47-41)31-15-9-5-10-16-31/h4-27H,3H2,1-2H3. The van der Waals surface area contributed by atoms with Crippen LogP contribution in [0.5, 0.6) is 0 Å². The summed E-state index contributed by atoms with van der Waals surface area (Å²) in [6.07, 6.45) is 0.843. The molecule has 0 N–H and O–H groups in total. The maximum atomic E-state index is 5.41. The van der Waals surface area contributed by atoms with Crippen molar-refractivity contribution in [1.82, 2.24) is 19.9 Å². The molecule has 5 aromatic carbocycles. The Morgan fingerprint density at radius 3 is 1.40 bits per heavy atom. The SMILES string of the molecule is CCc1cc(-c2ccc(-c3nc(-c4ccccc4)c(-c4ccccc4)nc3-c3ccccc3)cc2)c2ccc3ccc(C)nc3c2n1. The zero-order valence-corrected chi connectivity index (χ0v) is 26.4. The van der Waals surface area contributed by atoms with Crippen LogP contribution in [0.3, 0.4) is 0 Å². The van der Waals surface area contributed by atoms with Gasteiger partial charge >= 0.3 is 0 Å². The van der Waals surface area contributed by atoms with Crippen molar-refractivity contribution < 1.29 is 0 Å². The first-order chi connectivity index (χ1) is 23.2. The Balaban J connectivity index is 1.32. The van der Waals surface area contributed by atoms with E-state index in [0.717, 1.165) is 95.8 Å². The molecule has 224 valence electrons. The molecule has 0 unspecified atom stereocenters. The lowest BCUT2D eigenvalue weighted by Gasteiger charge is -2.16. The second-order valence-electron chi connectivity index (χ2n) is 11.8. The highest BCUT2D eigenvalue weighted by molar-refractivity contribution is 6.08. The molecule has 3 heterocycles. The zero-order valence-electron chi connectivity index (χ0n) is 26.4. The highest BCUT2D eigenvalue weighted by atomic mass is 14.9. The van der Waals surface area contributed by atoms with Crippen LogP contribution in [0, 0.1) is 6.92 Å². The van der Waals surface area contributed by atoms with Gasteiger partial charge in [0.2, 0.25) is 0 Å². The molecule has 8 rings (SSSR count). The van der Waals surface area contributed by atoms with Gasteiger partial charge in [0.05, 0.1) is 33.8 Å². The summed E-state index contributed by atoms with van der Waals surface area (Å²) in [4.78, 5) is 20.7. The molecule has 0 spiro atoms. The average molecular weight is 605 g/mol. The summed E-state index contributed by atoms with van der Waals surface area (Å²) in [6.45, 7) is 4.18. The molecular weight excluding hydrogens is 573 g/mol. The summed E-state index contributed by atoms with van der Waals surface area (Å²) in [7, 11) is 0. The highest BCUT2D eigenvalue weighted by Crippen LogP contribution is 2.39. The Kier molecular flexibility index (Phi) is 7.31. The third-order valence-corrected chi connectivity index (χ3v) is 8.70. The van der Waals surface area contributed by atoms with Gasteiger partial charge in [0.1, 0.15) is 0 Å². The number of aryl methyl sites for hydroxylation is 2. The fraction of sp³-hybridized carbons (Fsp3) is 0.0698. The van der Waals surface area contributed by atoms with Crippen molar-refractivity contribution >= 4 is 21.8 Å². The van der Waals surface area contributed by atoms with Crippen LogP contribution in [0.15, 0.2) is 146 Å². The van der Waals surface area contributed by atoms with Gasteiger partial charge in [-0.05, 0) is 36.6 Å². The molecule has 8 aromatic rings. The molecule has 4 heteroatoms. The fourth-order valence-electron chi connectivity index (χ4n) is 6.28. The van der Waals surface area contributed by atoms with Gasteiger partial charge in [0.15, 0.2) is 0 Å². The molecule has 0 bridgehead atoms. The number of nitrogens with zero attached hydrogens (tertiary/aromatic N) is 4. The van der Waals surface area contributed by atoms with Crippen LogP contribution in [0.1, 0.15) is 18.3 Å².